The number of ketones is 1. The Kier molecular flexibility index (Phi) is 2.63. The third-order valence-electron chi connectivity index (χ3n) is 3.65. The predicted octanol–water partition coefficient (Wildman–Crippen LogP) is 2.69. The van der Waals surface area contributed by atoms with E-state index in [4.69, 9.17) is 9.47 Å². The zero-order valence-electron chi connectivity index (χ0n) is 9.72. The number of benzene rings is 1. The van der Waals surface area contributed by atoms with Gasteiger partial charge in [0.25, 0.3) is 0 Å². The molecule has 1 aromatic carbocycles. The maximum atomic E-state index is 11.2. The number of hydrogen-bond donors (Lipinski definition) is 0. The Bertz CT molecular complexity index is 395. The van der Waals surface area contributed by atoms with Crippen molar-refractivity contribution >= 4 is 5.78 Å². The molecule has 3 nitrogen and oxygen atoms in total. The van der Waals surface area contributed by atoms with E-state index in [0.29, 0.717) is 18.6 Å². The van der Waals surface area contributed by atoms with Crippen LogP contribution in [0, 0.1) is 0 Å². The summed E-state index contributed by atoms with van der Waals surface area (Å²) in [6, 6.07) is 9.71. The van der Waals surface area contributed by atoms with Crippen molar-refractivity contribution in [3.05, 3.63) is 30.3 Å². The van der Waals surface area contributed by atoms with Crippen molar-refractivity contribution in [1.29, 1.82) is 0 Å². The lowest BCUT2D eigenvalue weighted by molar-refractivity contribution is -0.285. The van der Waals surface area contributed by atoms with Gasteiger partial charge in [-0.15, -0.1) is 0 Å². The molecule has 90 valence electrons. The van der Waals surface area contributed by atoms with Gasteiger partial charge in [0.1, 0.15) is 11.5 Å². The van der Waals surface area contributed by atoms with Crippen LogP contribution in [0.2, 0.25) is 0 Å². The molecule has 1 aliphatic carbocycles. The number of carbonyl (C=O) groups excluding carboxylic acids is 1. The first-order valence-corrected chi connectivity index (χ1v) is 6.17. The summed E-state index contributed by atoms with van der Waals surface area (Å²) in [5, 5.41) is 0. The average molecular weight is 232 g/mol. The van der Waals surface area contributed by atoms with E-state index in [0.717, 1.165) is 25.0 Å². The first kappa shape index (κ1) is 10.8. The summed E-state index contributed by atoms with van der Waals surface area (Å²) >= 11 is 0. The molecule has 0 radical (unpaired) electrons. The molecule has 0 bridgehead atoms. The van der Waals surface area contributed by atoms with Gasteiger partial charge in [-0.2, -0.15) is 0 Å². The minimum absolute atomic E-state index is 0.0621. The van der Waals surface area contributed by atoms with Crippen LogP contribution in [0.4, 0.5) is 0 Å². The van der Waals surface area contributed by atoms with Crippen LogP contribution in [-0.2, 0) is 9.53 Å². The van der Waals surface area contributed by atoms with Gasteiger partial charge in [0.15, 0.2) is 0 Å². The molecule has 1 atom stereocenters. The van der Waals surface area contributed by atoms with E-state index in [2.05, 4.69) is 0 Å². The Hall–Kier alpha value is -1.35. The summed E-state index contributed by atoms with van der Waals surface area (Å²) in [6.45, 7) is 0. The zero-order chi connectivity index (χ0) is 11.7. The number of Topliss-reactive ketones (excluding diaryl/α,β-unsaturated/α-hetero) is 1. The van der Waals surface area contributed by atoms with Gasteiger partial charge in [-0.05, 0) is 25.0 Å². The molecule has 1 saturated carbocycles. The van der Waals surface area contributed by atoms with Crippen molar-refractivity contribution in [2.24, 2.45) is 0 Å². The Morgan fingerprint density at radius 3 is 2.47 bits per heavy atom. The molecule has 1 spiro atoms. The van der Waals surface area contributed by atoms with Gasteiger partial charge < -0.3 is 9.47 Å². The van der Waals surface area contributed by atoms with Crippen LogP contribution in [0.15, 0.2) is 30.3 Å². The molecule has 0 N–H and O–H groups in total. The van der Waals surface area contributed by atoms with Gasteiger partial charge >= 0.3 is 0 Å². The topological polar surface area (TPSA) is 35.5 Å². The molecule has 1 aliphatic heterocycles. The zero-order valence-corrected chi connectivity index (χ0v) is 9.72. The minimum atomic E-state index is -0.134. The van der Waals surface area contributed by atoms with Crippen LogP contribution in [0.1, 0.15) is 32.1 Å². The van der Waals surface area contributed by atoms with Crippen molar-refractivity contribution < 1.29 is 14.3 Å². The lowest BCUT2D eigenvalue weighted by atomic mass is 9.78. The van der Waals surface area contributed by atoms with Crippen LogP contribution in [0.25, 0.3) is 0 Å². The molecule has 17 heavy (non-hydrogen) atoms. The molecule has 3 rings (SSSR count). The summed E-state index contributed by atoms with van der Waals surface area (Å²) in [5.74, 6) is 1.21. The summed E-state index contributed by atoms with van der Waals surface area (Å²) in [6.07, 6.45) is 3.83. The second-order valence-corrected chi connectivity index (χ2v) is 4.90. The summed E-state index contributed by atoms with van der Waals surface area (Å²) in [4.78, 5) is 11.2. The quantitative estimate of drug-likeness (QED) is 0.786. The van der Waals surface area contributed by atoms with Gasteiger partial charge in [0.2, 0.25) is 6.29 Å². The molecule has 1 heterocycles. The van der Waals surface area contributed by atoms with Crippen LogP contribution in [0.5, 0.6) is 5.75 Å². The molecular formula is C14H16O3. The lowest BCUT2D eigenvalue weighted by Crippen LogP contribution is -2.54. The van der Waals surface area contributed by atoms with Gasteiger partial charge in [-0.1, -0.05) is 18.2 Å². The fraction of sp³-hybridized carbons (Fsp3) is 0.500. The van der Waals surface area contributed by atoms with Gasteiger partial charge in [0, 0.05) is 19.3 Å². The van der Waals surface area contributed by atoms with Crippen LogP contribution in [-0.4, -0.2) is 17.7 Å². The Morgan fingerprint density at radius 1 is 1.18 bits per heavy atom. The maximum Gasteiger partial charge on any atom is 0.203 e. The number of rotatable bonds is 2. The molecule has 0 amide bonds. The Morgan fingerprint density at radius 2 is 1.82 bits per heavy atom. The summed E-state index contributed by atoms with van der Waals surface area (Å²) in [5.41, 5.74) is -0.0621. The minimum Gasteiger partial charge on any atom is -0.465 e. The molecule has 3 heteroatoms. The first-order chi connectivity index (χ1) is 8.26. The van der Waals surface area contributed by atoms with Crippen molar-refractivity contribution in [3.63, 3.8) is 0 Å². The highest BCUT2D eigenvalue weighted by atomic mass is 16.7. The van der Waals surface area contributed by atoms with Crippen molar-refractivity contribution in [2.45, 2.75) is 44.0 Å². The van der Waals surface area contributed by atoms with E-state index in [1.165, 1.54) is 0 Å². The van der Waals surface area contributed by atoms with Crippen molar-refractivity contribution in [1.82, 2.24) is 0 Å². The van der Waals surface area contributed by atoms with Gasteiger partial charge in [0.05, 0.1) is 5.60 Å². The average Bonchev–Trinajstić information content (AvgIpc) is 2.31. The van der Waals surface area contributed by atoms with E-state index < -0.39 is 0 Å². The standard InChI is InChI=1S/C14H16O3/c15-11-6-8-14(9-7-11)10-13(17-14)16-12-4-2-1-3-5-12/h1-5,13H,6-10H2/t13-/m1/s1. The first-order valence-electron chi connectivity index (χ1n) is 6.17. The highest BCUT2D eigenvalue weighted by molar-refractivity contribution is 5.79. The highest BCUT2D eigenvalue weighted by Crippen LogP contribution is 2.43. The lowest BCUT2D eigenvalue weighted by Gasteiger charge is -2.48. The fourth-order valence-electron chi connectivity index (χ4n) is 2.60. The van der Waals surface area contributed by atoms with E-state index in [1.54, 1.807) is 0 Å². The molecule has 2 aliphatic rings. The third kappa shape index (κ3) is 2.20. The van der Waals surface area contributed by atoms with Crippen molar-refractivity contribution in [3.8, 4) is 5.75 Å². The highest BCUT2D eigenvalue weighted by Gasteiger charge is 2.48. The van der Waals surface area contributed by atoms with E-state index in [9.17, 15) is 4.79 Å². The smallest absolute Gasteiger partial charge is 0.203 e. The number of ether oxygens (including phenoxy) is 2. The molecule has 2 fully saturated rings. The second kappa shape index (κ2) is 4.15. The Labute approximate surface area is 101 Å². The molecule has 1 aromatic rings. The second-order valence-electron chi connectivity index (χ2n) is 4.90. The van der Waals surface area contributed by atoms with E-state index in [1.807, 2.05) is 30.3 Å². The molecular weight excluding hydrogens is 216 g/mol. The van der Waals surface area contributed by atoms with E-state index >= 15 is 0 Å². The maximum absolute atomic E-state index is 11.2. The predicted molar refractivity (Wildman–Crippen MR) is 62.8 cm³/mol. The normalized spacial score (nSPS) is 26.6. The third-order valence-corrected chi connectivity index (χ3v) is 3.65. The van der Waals surface area contributed by atoms with Crippen LogP contribution < -0.4 is 4.74 Å². The van der Waals surface area contributed by atoms with Crippen LogP contribution >= 0.6 is 0 Å². The number of hydrogen-bond acceptors (Lipinski definition) is 3. The van der Waals surface area contributed by atoms with Crippen LogP contribution in [0.3, 0.4) is 0 Å². The van der Waals surface area contributed by atoms with Gasteiger partial charge in [-0.3, -0.25) is 4.79 Å². The Balaban J connectivity index is 1.53. The van der Waals surface area contributed by atoms with E-state index in [-0.39, 0.29) is 11.9 Å². The largest absolute Gasteiger partial charge is 0.465 e. The van der Waals surface area contributed by atoms with Crippen molar-refractivity contribution in [2.75, 3.05) is 0 Å². The summed E-state index contributed by atoms with van der Waals surface area (Å²) < 4.78 is 11.5. The molecule has 0 unspecified atom stereocenters. The fourth-order valence-corrected chi connectivity index (χ4v) is 2.60. The summed E-state index contributed by atoms with van der Waals surface area (Å²) in [7, 11) is 0. The number of para-hydroxylation sites is 1. The number of carbonyl (C=O) groups is 1. The monoisotopic (exact) mass is 232 g/mol. The van der Waals surface area contributed by atoms with Gasteiger partial charge in [-0.25, -0.2) is 0 Å². The SMILES string of the molecule is O=C1CCC2(CC1)C[C@H](Oc1ccccc1)O2. The molecule has 0 aromatic heterocycles. The molecule has 1 saturated heterocycles.